The summed E-state index contributed by atoms with van der Waals surface area (Å²) in [4.78, 5) is 3.70. The fourth-order valence-electron chi connectivity index (χ4n) is 1.63. The molecule has 0 atom stereocenters. The van der Waals surface area contributed by atoms with Gasteiger partial charge in [0, 0.05) is 11.6 Å². The van der Waals surface area contributed by atoms with E-state index < -0.39 is 12.7 Å². The molecule has 2 fully saturated rings. The molecule has 0 aromatic carbocycles. The zero-order valence-corrected chi connectivity index (χ0v) is 10.8. The molecular formula is C11H14BrF3N2. The largest absolute Gasteiger partial charge is 0.407 e. The van der Waals surface area contributed by atoms with Gasteiger partial charge >= 0.3 is 6.18 Å². The van der Waals surface area contributed by atoms with E-state index in [4.69, 9.17) is 5.73 Å². The molecule has 0 aromatic heterocycles. The summed E-state index contributed by atoms with van der Waals surface area (Å²) in [5.74, 6) is 0.489. The predicted molar refractivity (Wildman–Crippen MR) is 63.9 cm³/mol. The third kappa shape index (κ3) is 3.72. The molecule has 2 nitrogen and oxygen atoms in total. The number of hydrogen-bond acceptors (Lipinski definition) is 2. The van der Waals surface area contributed by atoms with Crippen molar-refractivity contribution in [3.63, 3.8) is 0 Å². The molecule has 0 saturated heterocycles. The van der Waals surface area contributed by atoms with Crippen LogP contribution in [0.3, 0.4) is 0 Å². The number of nitrogens with zero attached hydrogens (tertiary/aromatic N) is 1. The molecule has 0 amide bonds. The number of hydrogen-bond donors (Lipinski definition) is 1. The van der Waals surface area contributed by atoms with Gasteiger partial charge in [0.25, 0.3) is 0 Å². The molecule has 2 saturated carbocycles. The zero-order valence-electron chi connectivity index (χ0n) is 9.23. The maximum absolute atomic E-state index is 12.2. The Kier molecular flexibility index (Phi) is 3.52. The summed E-state index contributed by atoms with van der Waals surface area (Å²) in [6.45, 7) is -1.12. The molecule has 2 aliphatic rings. The summed E-state index contributed by atoms with van der Waals surface area (Å²) in [5.41, 5.74) is 7.07. The van der Waals surface area contributed by atoms with Crippen molar-refractivity contribution in [3.8, 4) is 0 Å². The van der Waals surface area contributed by atoms with Crippen LogP contribution in [0.1, 0.15) is 25.7 Å². The van der Waals surface area contributed by atoms with Crippen molar-refractivity contribution in [1.29, 1.82) is 0 Å². The van der Waals surface area contributed by atoms with E-state index in [0.29, 0.717) is 21.8 Å². The monoisotopic (exact) mass is 310 g/mol. The summed E-state index contributed by atoms with van der Waals surface area (Å²) < 4.78 is 37.1. The van der Waals surface area contributed by atoms with Gasteiger partial charge < -0.3 is 5.73 Å². The Morgan fingerprint density at radius 3 is 2.12 bits per heavy atom. The van der Waals surface area contributed by atoms with Crippen molar-refractivity contribution < 1.29 is 13.2 Å². The normalized spacial score (nSPS) is 23.6. The Morgan fingerprint density at radius 2 is 1.71 bits per heavy atom. The van der Waals surface area contributed by atoms with Gasteiger partial charge in [0.2, 0.25) is 0 Å². The van der Waals surface area contributed by atoms with E-state index >= 15 is 0 Å². The van der Waals surface area contributed by atoms with Crippen LogP contribution in [-0.2, 0) is 0 Å². The molecule has 2 rings (SSSR count). The summed E-state index contributed by atoms with van der Waals surface area (Å²) in [5, 5.41) is 0. The lowest BCUT2D eigenvalue weighted by Crippen LogP contribution is -2.17. The van der Waals surface area contributed by atoms with Crippen LogP contribution in [0.5, 0.6) is 0 Å². The molecule has 0 aliphatic heterocycles. The quantitative estimate of drug-likeness (QED) is 0.794. The highest BCUT2D eigenvalue weighted by atomic mass is 79.9. The van der Waals surface area contributed by atoms with Gasteiger partial charge in [0.1, 0.15) is 6.54 Å². The summed E-state index contributed by atoms with van der Waals surface area (Å²) in [6.07, 6.45) is -0.383. The fourth-order valence-corrected chi connectivity index (χ4v) is 2.40. The Hall–Kier alpha value is -0.520. The van der Waals surface area contributed by atoms with Crippen LogP contribution in [0.25, 0.3) is 0 Å². The second-order valence-electron chi connectivity index (χ2n) is 4.63. The molecule has 96 valence electrons. The molecule has 0 spiro atoms. The maximum atomic E-state index is 12.2. The Bertz CT molecular complexity index is 365. The van der Waals surface area contributed by atoms with Gasteiger partial charge in [-0.2, -0.15) is 13.2 Å². The van der Waals surface area contributed by atoms with Gasteiger partial charge in [0.05, 0.1) is 10.2 Å². The average molecular weight is 311 g/mol. The van der Waals surface area contributed by atoms with E-state index in [0.717, 1.165) is 25.7 Å². The van der Waals surface area contributed by atoms with Gasteiger partial charge in [-0.3, -0.25) is 4.99 Å². The first-order valence-electron chi connectivity index (χ1n) is 5.65. The number of allylic oxidation sites excluding steroid dienone is 2. The van der Waals surface area contributed by atoms with Crippen LogP contribution in [0.2, 0.25) is 0 Å². The first-order valence-corrected chi connectivity index (χ1v) is 6.44. The van der Waals surface area contributed by atoms with E-state index in [1.165, 1.54) is 0 Å². The van der Waals surface area contributed by atoms with Gasteiger partial charge in [-0.05, 0) is 47.5 Å². The van der Waals surface area contributed by atoms with E-state index in [1.807, 2.05) is 0 Å². The molecule has 0 unspecified atom stereocenters. The highest BCUT2D eigenvalue weighted by Gasteiger charge is 2.35. The van der Waals surface area contributed by atoms with Crippen LogP contribution < -0.4 is 5.73 Å². The highest BCUT2D eigenvalue weighted by Crippen LogP contribution is 2.41. The van der Waals surface area contributed by atoms with Crippen LogP contribution in [0.15, 0.2) is 15.2 Å². The minimum absolute atomic E-state index is 0.157. The van der Waals surface area contributed by atoms with Crippen molar-refractivity contribution in [2.24, 2.45) is 22.6 Å². The van der Waals surface area contributed by atoms with E-state index in [9.17, 15) is 13.2 Å². The molecule has 0 heterocycles. The van der Waals surface area contributed by atoms with Crippen LogP contribution in [0.4, 0.5) is 13.2 Å². The number of rotatable bonds is 4. The third-order valence-electron chi connectivity index (χ3n) is 2.89. The molecule has 2 aliphatic carbocycles. The topological polar surface area (TPSA) is 38.4 Å². The summed E-state index contributed by atoms with van der Waals surface area (Å²) >= 11 is 3.32. The summed E-state index contributed by atoms with van der Waals surface area (Å²) in [7, 11) is 0. The Morgan fingerprint density at radius 1 is 1.18 bits per heavy atom. The first-order chi connectivity index (χ1) is 7.88. The fraction of sp³-hybridized carbons (Fsp3) is 0.727. The Labute approximate surface area is 106 Å². The first kappa shape index (κ1) is 12.9. The second kappa shape index (κ2) is 4.63. The van der Waals surface area contributed by atoms with Gasteiger partial charge in [-0.15, -0.1) is 0 Å². The number of alkyl halides is 3. The SMILES string of the molecule is NC(=C(Br)C(=NCC(F)(F)F)C1CC1)C1CC1. The van der Waals surface area contributed by atoms with Crippen molar-refractivity contribution in [2.75, 3.05) is 6.54 Å². The minimum Gasteiger partial charge on any atom is -0.401 e. The summed E-state index contributed by atoms with van der Waals surface area (Å²) in [6, 6.07) is 0. The lowest BCUT2D eigenvalue weighted by atomic mass is 10.1. The smallest absolute Gasteiger partial charge is 0.401 e. The van der Waals surface area contributed by atoms with Crippen molar-refractivity contribution in [2.45, 2.75) is 31.9 Å². The standard InChI is InChI=1S/C11H14BrF3N2/c12-8(9(16)6-1-2-6)10(7-3-4-7)17-5-11(13,14)15/h6-7H,1-5,16H2. The third-order valence-corrected chi connectivity index (χ3v) is 3.75. The highest BCUT2D eigenvalue weighted by molar-refractivity contribution is 9.12. The number of nitrogens with two attached hydrogens (primary N) is 1. The van der Waals surface area contributed by atoms with Crippen molar-refractivity contribution in [1.82, 2.24) is 0 Å². The molecule has 2 N–H and O–H groups in total. The molecular weight excluding hydrogens is 297 g/mol. The lowest BCUT2D eigenvalue weighted by molar-refractivity contribution is -0.118. The van der Waals surface area contributed by atoms with Crippen molar-refractivity contribution in [3.05, 3.63) is 10.2 Å². The van der Waals surface area contributed by atoms with E-state index in [2.05, 4.69) is 20.9 Å². The molecule has 0 aromatic rings. The number of aliphatic imine (C=N–C) groups is 1. The van der Waals surface area contributed by atoms with Gasteiger partial charge in [-0.25, -0.2) is 0 Å². The molecule has 0 radical (unpaired) electrons. The molecule has 17 heavy (non-hydrogen) atoms. The predicted octanol–water partition coefficient (Wildman–Crippen LogP) is 3.37. The van der Waals surface area contributed by atoms with E-state index in [-0.39, 0.29) is 5.92 Å². The molecule has 6 heteroatoms. The lowest BCUT2D eigenvalue weighted by Gasteiger charge is -2.09. The van der Waals surface area contributed by atoms with Gasteiger partial charge in [0.15, 0.2) is 0 Å². The van der Waals surface area contributed by atoms with Crippen molar-refractivity contribution >= 4 is 21.6 Å². The zero-order chi connectivity index (χ0) is 12.6. The number of halogens is 4. The van der Waals surface area contributed by atoms with Gasteiger partial charge in [-0.1, -0.05) is 0 Å². The average Bonchev–Trinajstić information content (AvgIpc) is 3.06. The van der Waals surface area contributed by atoms with Crippen LogP contribution in [-0.4, -0.2) is 18.4 Å². The minimum atomic E-state index is -4.25. The van der Waals surface area contributed by atoms with Crippen LogP contribution in [0, 0.1) is 11.8 Å². The Balaban J connectivity index is 2.14. The van der Waals surface area contributed by atoms with Crippen LogP contribution >= 0.6 is 15.9 Å². The maximum Gasteiger partial charge on any atom is 0.407 e. The second-order valence-corrected chi connectivity index (χ2v) is 5.43. The van der Waals surface area contributed by atoms with E-state index in [1.54, 1.807) is 0 Å². The molecule has 0 bridgehead atoms.